The number of aromatic nitrogens is 2. The van der Waals surface area contributed by atoms with E-state index >= 15 is 0 Å². The molecule has 0 unspecified atom stereocenters. The maximum absolute atomic E-state index is 6.75. The van der Waals surface area contributed by atoms with Crippen LogP contribution >= 0.6 is 0 Å². The van der Waals surface area contributed by atoms with Crippen molar-refractivity contribution >= 4 is 42.3 Å². The first-order valence-electron chi connectivity index (χ1n) is 18.4. The van der Waals surface area contributed by atoms with E-state index in [2.05, 4.69) is 189 Å². The van der Waals surface area contributed by atoms with Gasteiger partial charge in [-0.05, 0) is 23.1 Å². The molecule has 0 saturated carbocycles. The van der Waals surface area contributed by atoms with Crippen molar-refractivity contribution in [3.63, 3.8) is 0 Å². The molecule has 0 bridgehead atoms. The third-order valence-corrected chi connectivity index (χ3v) is 19.1. The Balaban J connectivity index is 0.00000497. The molecule has 0 N–H and O–H groups in total. The fraction of sp³-hybridized carbons (Fsp3) is 0.224. The number of nitrogens with zero attached hydrogens (tertiary/aromatic N) is 2. The van der Waals surface area contributed by atoms with E-state index in [0.29, 0.717) is 17.4 Å². The topological polar surface area (TPSA) is 35.0 Å². The normalized spacial score (nSPS) is 11.9. The first-order valence-corrected chi connectivity index (χ1v) is 23.6. The number of ether oxygens (including phenoxy) is 1. The molecular weight excluding hydrogens is 1040 g/mol. The van der Waals surface area contributed by atoms with Gasteiger partial charge in [-0.3, -0.25) is 0 Å². The fourth-order valence-electron chi connectivity index (χ4n) is 6.52. The van der Waals surface area contributed by atoms with Gasteiger partial charge in [-0.2, -0.15) is 0 Å². The van der Waals surface area contributed by atoms with E-state index in [-0.39, 0.29) is 31.9 Å². The van der Waals surface area contributed by atoms with Crippen molar-refractivity contribution in [2.75, 3.05) is 0 Å². The summed E-state index contributed by atoms with van der Waals surface area (Å²) in [4.78, 5) is 9.72. The third-order valence-electron chi connectivity index (χ3n) is 9.66. The Morgan fingerprint density at radius 1 is 0.574 bits per heavy atom. The second-order valence-corrected chi connectivity index (χ2v) is 24.7. The van der Waals surface area contributed by atoms with Gasteiger partial charge in [0, 0.05) is 6.20 Å². The molecule has 0 aliphatic rings. The van der Waals surface area contributed by atoms with Crippen molar-refractivity contribution in [1.82, 2.24) is 9.97 Å². The molecule has 0 fully saturated rings. The van der Waals surface area contributed by atoms with Crippen LogP contribution in [0.15, 0.2) is 134 Å². The molecule has 0 saturated heterocycles. The Labute approximate surface area is 344 Å². The predicted molar refractivity (Wildman–Crippen MR) is 224 cm³/mol. The van der Waals surface area contributed by atoms with E-state index < -0.39 is 21.8 Å². The number of fused-ring (bicyclic) bond motifs is 1. The van der Waals surface area contributed by atoms with Crippen molar-refractivity contribution < 1.29 is 25.8 Å². The Bertz CT molecular complexity index is 2340. The van der Waals surface area contributed by atoms with E-state index in [1.165, 1.54) is 20.8 Å². The zero-order chi connectivity index (χ0) is 37.3. The number of pyridine rings is 2. The van der Waals surface area contributed by atoms with E-state index in [1.54, 1.807) is 0 Å². The molecule has 0 spiro atoms. The standard InChI is InChI=1S/C37H37N2O.2C6H5.Bi.Pt/c1-24(2)26-14-15-38-34(21-26)27-17-29(36(3,4)5)22-31(19-27)40-32-20-28(18-30(23-32)37(6,7)8)35-33-12-10-9-11-25(33)13-16-39-35;2*1-2-4-6-5-3-1;;/h10-18,21-24H,1-8H3;2*1-5H;;/q-2;;;;+2. The zero-order valence-electron chi connectivity index (χ0n) is 32.3. The van der Waals surface area contributed by atoms with Gasteiger partial charge >= 0.3 is 260 Å². The monoisotopic (exact) mass is 1080 g/mol. The van der Waals surface area contributed by atoms with Gasteiger partial charge in [0.15, 0.2) is 0 Å². The van der Waals surface area contributed by atoms with Gasteiger partial charge in [-0.15, -0.1) is 6.07 Å². The van der Waals surface area contributed by atoms with Crippen molar-refractivity contribution in [2.45, 2.75) is 72.1 Å². The van der Waals surface area contributed by atoms with Crippen LogP contribution in [0.25, 0.3) is 33.3 Å². The molecule has 2 heterocycles. The van der Waals surface area contributed by atoms with Crippen molar-refractivity contribution in [1.29, 1.82) is 0 Å². The molecule has 0 atom stereocenters. The first-order chi connectivity index (χ1) is 25.3. The Hall–Kier alpha value is -3.97. The summed E-state index contributed by atoms with van der Waals surface area (Å²) in [5, 5.41) is 2.29. The maximum atomic E-state index is 6.75. The van der Waals surface area contributed by atoms with E-state index in [1.807, 2.05) is 12.4 Å². The van der Waals surface area contributed by atoms with E-state index in [4.69, 9.17) is 14.7 Å². The minimum atomic E-state index is -2.54. The molecule has 7 aromatic rings. The molecule has 3 nitrogen and oxygen atoms in total. The summed E-state index contributed by atoms with van der Waals surface area (Å²) in [6.45, 7) is 17.8. The molecule has 0 radical (unpaired) electrons. The number of hydrogen-bond acceptors (Lipinski definition) is 3. The van der Waals surface area contributed by atoms with Gasteiger partial charge in [0.1, 0.15) is 0 Å². The van der Waals surface area contributed by atoms with Crippen molar-refractivity contribution in [3.05, 3.63) is 163 Å². The summed E-state index contributed by atoms with van der Waals surface area (Å²) < 4.78 is 11.1. The quantitative estimate of drug-likeness (QED) is 0.112. The van der Waals surface area contributed by atoms with Gasteiger partial charge in [0.2, 0.25) is 0 Å². The third kappa shape index (κ3) is 8.94. The SMILES string of the molecule is CC(C)c1ccnc(-c2[c-]c(Oc3[c-]c(-c4nccc5c[c]([Bi]([c]6ccccc6)[c]6ccccc6)ccc45)cc(C(C)(C)C)c3)cc(C(C)(C)C)c2)c1.[Pt+2]. The van der Waals surface area contributed by atoms with Crippen molar-refractivity contribution in [3.8, 4) is 34.0 Å². The molecule has 5 aromatic carbocycles. The Morgan fingerprint density at radius 3 is 1.70 bits per heavy atom. The van der Waals surface area contributed by atoms with Crippen LogP contribution in [0, 0.1) is 12.1 Å². The Morgan fingerprint density at radius 2 is 1.13 bits per heavy atom. The summed E-state index contributed by atoms with van der Waals surface area (Å²) in [7, 11) is 0. The van der Waals surface area contributed by atoms with E-state index in [9.17, 15) is 0 Å². The fourth-order valence-corrected chi connectivity index (χ4v) is 15.6. The minimum absolute atomic E-state index is 0. The van der Waals surface area contributed by atoms with Crippen LogP contribution in [-0.2, 0) is 31.9 Å². The smallest absolute Gasteiger partial charge is 0.139 e. The molecule has 2 aromatic heterocycles. The van der Waals surface area contributed by atoms with Crippen LogP contribution in [0.2, 0.25) is 0 Å². The van der Waals surface area contributed by atoms with Crippen molar-refractivity contribution in [2.24, 2.45) is 0 Å². The molecule has 0 aliphatic carbocycles. The minimum Gasteiger partial charge on any atom is -0.139 e. The van der Waals surface area contributed by atoms with E-state index in [0.717, 1.165) is 39.0 Å². The number of hydrogen-bond donors (Lipinski definition) is 0. The van der Waals surface area contributed by atoms with Crippen LogP contribution in [0.1, 0.15) is 78.0 Å². The van der Waals surface area contributed by atoms with Crippen LogP contribution in [0.5, 0.6) is 11.5 Å². The molecule has 0 aliphatic heterocycles. The summed E-state index contributed by atoms with van der Waals surface area (Å²) >= 11 is -2.54. The molecular formula is C49H47BiN2OPt. The second-order valence-electron chi connectivity index (χ2n) is 16.1. The molecule has 274 valence electrons. The van der Waals surface area contributed by atoms with Crippen LogP contribution in [0.4, 0.5) is 0 Å². The average Bonchev–Trinajstić information content (AvgIpc) is 3.14. The predicted octanol–water partition coefficient (Wildman–Crippen LogP) is 10.6. The van der Waals surface area contributed by atoms with Gasteiger partial charge in [0.25, 0.3) is 0 Å². The number of benzene rings is 5. The summed E-state index contributed by atoms with van der Waals surface area (Å²) in [5.74, 6) is 1.69. The van der Waals surface area contributed by atoms with Gasteiger partial charge in [0.05, 0.1) is 0 Å². The molecule has 54 heavy (non-hydrogen) atoms. The zero-order valence-corrected chi connectivity index (χ0v) is 38.1. The first kappa shape index (κ1) is 39.7. The summed E-state index contributed by atoms with van der Waals surface area (Å²) in [6.07, 6.45) is 3.82. The molecule has 0 amide bonds. The summed E-state index contributed by atoms with van der Waals surface area (Å²) in [5.41, 5.74) is 6.95. The van der Waals surface area contributed by atoms with Gasteiger partial charge < -0.3 is 4.98 Å². The van der Waals surface area contributed by atoms with Gasteiger partial charge in [-0.25, -0.2) is 0 Å². The summed E-state index contributed by atoms with van der Waals surface area (Å²) in [6, 6.07) is 51.3. The Kier molecular flexibility index (Phi) is 12.1. The van der Waals surface area contributed by atoms with Crippen LogP contribution in [-0.4, -0.2) is 31.7 Å². The van der Waals surface area contributed by atoms with Gasteiger partial charge in [-0.1, -0.05) is 46.2 Å². The van der Waals surface area contributed by atoms with Crippen LogP contribution < -0.4 is 14.6 Å². The molecule has 7 rings (SSSR count). The second kappa shape index (κ2) is 16.4. The molecule has 5 heteroatoms. The van der Waals surface area contributed by atoms with Crippen LogP contribution in [0.3, 0.4) is 0 Å². The number of rotatable bonds is 8. The average molecular weight is 1080 g/mol.